The Bertz CT molecular complexity index is 714. The number of nitrogens with zero attached hydrogens (tertiary/aromatic N) is 1. The van der Waals surface area contributed by atoms with Crippen LogP contribution in [-0.2, 0) is 16.1 Å². The van der Waals surface area contributed by atoms with Gasteiger partial charge < -0.3 is 10.2 Å². The highest BCUT2D eigenvalue weighted by molar-refractivity contribution is 6.30. The van der Waals surface area contributed by atoms with Gasteiger partial charge in [-0.3, -0.25) is 9.59 Å². The van der Waals surface area contributed by atoms with Crippen LogP contribution in [0.2, 0.25) is 5.02 Å². The minimum atomic E-state index is -0.107. The molecule has 2 amide bonds. The highest BCUT2D eigenvalue weighted by Crippen LogP contribution is 2.18. The van der Waals surface area contributed by atoms with E-state index in [1.54, 1.807) is 29.2 Å². The van der Waals surface area contributed by atoms with Gasteiger partial charge in [0.05, 0.1) is 0 Å². The number of halogens is 1. The molecule has 0 aromatic heterocycles. The summed E-state index contributed by atoms with van der Waals surface area (Å²) in [5.74, 6) is -0.192. The molecule has 0 saturated carbocycles. The molecule has 4 nitrogen and oxygen atoms in total. The van der Waals surface area contributed by atoms with E-state index in [4.69, 9.17) is 11.6 Å². The molecular weight excluding hydrogens is 324 g/mol. The monoisotopic (exact) mass is 344 g/mol. The molecule has 0 spiro atoms. The summed E-state index contributed by atoms with van der Waals surface area (Å²) in [5, 5.41) is 3.51. The molecule has 126 valence electrons. The maximum atomic E-state index is 12.1. The normalized spacial score (nSPS) is 10.3. The Kier molecular flexibility index (Phi) is 6.38. The first-order chi connectivity index (χ1) is 11.5. The Morgan fingerprint density at radius 1 is 1.08 bits per heavy atom. The van der Waals surface area contributed by atoms with Crippen molar-refractivity contribution in [3.63, 3.8) is 0 Å². The van der Waals surface area contributed by atoms with Crippen molar-refractivity contribution in [2.45, 2.75) is 26.8 Å². The van der Waals surface area contributed by atoms with E-state index in [1.165, 1.54) is 6.92 Å². The Balaban J connectivity index is 1.90. The third kappa shape index (κ3) is 5.10. The van der Waals surface area contributed by atoms with E-state index in [0.717, 1.165) is 16.8 Å². The number of nitrogens with one attached hydrogen (secondary N) is 1. The molecule has 2 aromatic carbocycles. The zero-order chi connectivity index (χ0) is 17.5. The fourth-order valence-corrected chi connectivity index (χ4v) is 2.52. The molecule has 0 aliphatic rings. The van der Waals surface area contributed by atoms with Gasteiger partial charge in [-0.15, -0.1) is 0 Å². The van der Waals surface area contributed by atoms with Crippen molar-refractivity contribution >= 4 is 29.1 Å². The predicted octanol–water partition coefficient (Wildman–Crippen LogP) is 3.71. The Labute approximate surface area is 147 Å². The molecule has 0 fully saturated rings. The molecule has 2 rings (SSSR count). The number of hydrogen-bond acceptors (Lipinski definition) is 2. The van der Waals surface area contributed by atoms with Crippen molar-refractivity contribution in [1.29, 1.82) is 0 Å². The number of rotatable bonds is 6. The lowest BCUT2D eigenvalue weighted by Gasteiger charge is -2.21. The van der Waals surface area contributed by atoms with Crippen LogP contribution in [0, 0.1) is 6.92 Å². The second-order valence-corrected chi connectivity index (χ2v) is 6.04. The lowest BCUT2D eigenvalue weighted by Crippen LogP contribution is -2.33. The predicted molar refractivity (Wildman–Crippen MR) is 97.1 cm³/mol. The molecule has 0 bridgehead atoms. The van der Waals surface area contributed by atoms with Crippen LogP contribution < -0.4 is 10.2 Å². The fourth-order valence-electron chi connectivity index (χ4n) is 2.39. The van der Waals surface area contributed by atoms with Crippen molar-refractivity contribution in [2.75, 3.05) is 11.4 Å². The molecule has 0 radical (unpaired) electrons. The molecule has 0 heterocycles. The highest BCUT2D eigenvalue weighted by Gasteiger charge is 2.13. The zero-order valence-electron chi connectivity index (χ0n) is 13.9. The van der Waals surface area contributed by atoms with Crippen LogP contribution in [0.4, 0.5) is 5.69 Å². The average molecular weight is 345 g/mol. The summed E-state index contributed by atoms with van der Waals surface area (Å²) in [6.45, 7) is 4.32. The molecule has 0 aliphatic heterocycles. The molecule has 0 unspecified atom stereocenters. The van der Waals surface area contributed by atoms with Crippen molar-refractivity contribution in [1.82, 2.24) is 5.32 Å². The summed E-state index contributed by atoms with van der Waals surface area (Å²) in [5.41, 5.74) is 2.97. The summed E-state index contributed by atoms with van der Waals surface area (Å²) in [4.78, 5) is 25.5. The van der Waals surface area contributed by atoms with Gasteiger partial charge in [-0.1, -0.05) is 35.9 Å². The largest absolute Gasteiger partial charge is 0.352 e. The number of benzene rings is 2. The first-order valence-corrected chi connectivity index (χ1v) is 8.20. The molecule has 2 aromatic rings. The van der Waals surface area contributed by atoms with Crippen LogP contribution in [0.5, 0.6) is 0 Å². The van der Waals surface area contributed by atoms with E-state index in [2.05, 4.69) is 5.32 Å². The Hall–Kier alpha value is -2.33. The second-order valence-electron chi connectivity index (χ2n) is 5.60. The molecule has 0 aliphatic carbocycles. The number of hydrogen-bond donors (Lipinski definition) is 1. The van der Waals surface area contributed by atoms with Gasteiger partial charge in [0.25, 0.3) is 0 Å². The van der Waals surface area contributed by atoms with E-state index in [9.17, 15) is 9.59 Å². The highest BCUT2D eigenvalue weighted by atomic mass is 35.5. The van der Waals surface area contributed by atoms with Crippen LogP contribution in [0.1, 0.15) is 24.5 Å². The molecule has 1 N–H and O–H groups in total. The minimum Gasteiger partial charge on any atom is -0.352 e. The lowest BCUT2D eigenvalue weighted by atomic mass is 10.1. The zero-order valence-corrected chi connectivity index (χ0v) is 14.6. The van der Waals surface area contributed by atoms with Crippen molar-refractivity contribution in [2.24, 2.45) is 0 Å². The number of amides is 2. The van der Waals surface area contributed by atoms with E-state index < -0.39 is 0 Å². The van der Waals surface area contributed by atoms with Gasteiger partial charge in [-0.05, 0) is 42.3 Å². The van der Waals surface area contributed by atoms with Crippen LogP contribution in [0.25, 0.3) is 0 Å². The van der Waals surface area contributed by atoms with E-state index in [0.29, 0.717) is 18.1 Å². The first kappa shape index (κ1) is 18.0. The second kappa shape index (κ2) is 8.50. The third-order valence-electron chi connectivity index (χ3n) is 3.82. The van der Waals surface area contributed by atoms with Crippen molar-refractivity contribution in [3.05, 3.63) is 64.7 Å². The summed E-state index contributed by atoms with van der Waals surface area (Å²) in [7, 11) is 0. The summed E-state index contributed by atoms with van der Waals surface area (Å²) in [6, 6.07) is 14.9. The maximum absolute atomic E-state index is 12.1. The Morgan fingerprint density at radius 3 is 2.38 bits per heavy atom. The SMILES string of the molecule is CC(=O)N(CCC(=O)NCc1ccccc1C)c1ccc(Cl)cc1. The van der Waals surface area contributed by atoms with Crippen LogP contribution in [0.15, 0.2) is 48.5 Å². The van der Waals surface area contributed by atoms with E-state index >= 15 is 0 Å². The van der Waals surface area contributed by atoms with Crippen molar-refractivity contribution in [3.8, 4) is 0 Å². The third-order valence-corrected chi connectivity index (χ3v) is 4.07. The Morgan fingerprint density at radius 2 is 1.75 bits per heavy atom. The van der Waals surface area contributed by atoms with Gasteiger partial charge >= 0.3 is 0 Å². The number of anilines is 1. The van der Waals surface area contributed by atoms with Crippen LogP contribution in [0.3, 0.4) is 0 Å². The van der Waals surface area contributed by atoms with Crippen molar-refractivity contribution < 1.29 is 9.59 Å². The lowest BCUT2D eigenvalue weighted by molar-refractivity contribution is -0.121. The molecule has 0 saturated heterocycles. The van der Waals surface area contributed by atoms with Crippen LogP contribution in [-0.4, -0.2) is 18.4 Å². The topological polar surface area (TPSA) is 49.4 Å². The molecule has 24 heavy (non-hydrogen) atoms. The smallest absolute Gasteiger partial charge is 0.223 e. The summed E-state index contributed by atoms with van der Waals surface area (Å²) < 4.78 is 0. The van der Waals surface area contributed by atoms with Gasteiger partial charge in [-0.2, -0.15) is 0 Å². The van der Waals surface area contributed by atoms with E-state index in [-0.39, 0.29) is 18.2 Å². The summed E-state index contributed by atoms with van der Waals surface area (Å²) >= 11 is 5.87. The average Bonchev–Trinajstić information content (AvgIpc) is 2.55. The van der Waals surface area contributed by atoms with Gasteiger partial charge in [0.2, 0.25) is 11.8 Å². The van der Waals surface area contributed by atoms with Crippen LogP contribution >= 0.6 is 11.6 Å². The van der Waals surface area contributed by atoms with Gasteiger partial charge in [0.1, 0.15) is 0 Å². The number of carbonyl (C=O) groups excluding carboxylic acids is 2. The quantitative estimate of drug-likeness (QED) is 0.868. The molecule has 0 atom stereocenters. The maximum Gasteiger partial charge on any atom is 0.223 e. The number of aryl methyl sites for hydroxylation is 1. The van der Waals surface area contributed by atoms with Gasteiger partial charge in [0.15, 0.2) is 0 Å². The van der Waals surface area contributed by atoms with Gasteiger partial charge in [0, 0.05) is 37.1 Å². The molecule has 5 heteroatoms. The fraction of sp³-hybridized carbons (Fsp3) is 0.263. The van der Waals surface area contributed by atoms with E-state index in [1.807, 2.05) is 31.2 Å². The first-order valence-electron chi connectivity index (χ1n) is 7.82. The van der Waals surface area contributed by atoms with Gasteiger partial charge in [-0.25, -0.2) is 0 Å². The minimum absolute atomic E-state index is 0.0848. The molecular formula is C19H21ClN2O2. The number of carbonyl (C=O) groups is 2. The standard InChI is InChI=1S/C19H21ClN2O2/c1-14-5-3-4-6-16(14)13-21-19(24)11-12-22(15(2)23)18-9-7-17(20)8-10-18/h3-10H,11-13H2,1-2H3,(H,21,24). The summed E-state index contributed by atoms with van der Waals surface area (Å²) in [6.07, 6.45) is 0.244.